The summed E-state index contributed by atoms with van der Waals surface area (Å²) in [5, 5.41) is 11.0. The first-order valence-corrected chi connectivity index (χ1v) is 7.67. The number of aromatic amines is 1. The second kappa shape index (κ2) is 5.85. The normalized spacial score (nSPS) is 18.3. The highest BCUT2D eigenvalue weighted by Crippen LogP contribution is 2.25. The third-order valence-corrected chi connectivity index (χ3v) is 4.08. The SMILES string of the molecule is CC1COCCN1c1ccc(Nc2ncnc3[nH]ncc23)cc1. The first kappa shape index (κ1) is 14.0. The highest BCUT2D eigenvalue weighted by molar-refractivity contribution is 5.87. The monoisotopic (exact) mass is 310 g/mol. The third-order valence-electron chi connectivity index (χ3n) is 4.08. The average Bonchev–Trinajstić information content (AvgIpc) is 3.06. The van der Waals surface area contributed by atoms with Crippen molar-refractivity contribution in [1.82, 2.24) is 20.2 Å². The summed E-state index contributed by atoms with van der Waals surface area (Å²) in [7, 11) is 0. The molecular formula is C16H18N6O. The van der Waals surface area contributed by atoms with E-state index in [2.05, 4.69) is 61.6 Å². The molecule has 1 aliphatic heterocycles. The van der Waals surface area contributed by atoms with Gasteiger partial charge in [-0.15, -0.1) is 0 Å². The van der Waals surface area contributed by atoms with Gasteiger partial charge in [-0.3, -0.25) is 5.10 Å². The molecule has 4 rings (SSSR count). The van der Waals surface area contributed by atoms with E-state index in [1.54, 1.807) is 6.20 Å². The molecule has 7 nitrogen and oxygen atoms in total. The van der Waals surface area contributed by atoms with E-state index in [1.807, 2.05) is 0 Å². The van der Waals surface area contributed by atoms with Gasteiger partial charge in [0.25, 0.3) is 0 Å². The molecule has 3 aromatic rings. The Kier molecular flexibility index (Phi) is 3.55. The zero-order chi connectivity index (χ0) is 15.6. The molecule has 0 aliphatic carbocycles. The van der Waals surface area contributed by atoms with E-state index >= 15 is 0 Å². The number of hydrogen-bond acceptors (Lipinski definition) is 6. The molecule has 1 fully saturated rings. The number of fused-ring (bicyclic) bond motifs is 1. The van der Waals surface area contributed by atoms with Crippen LogP contribution in [0.5, 0.6) is 0 Å². The van der Waals surface area contributed by atoms with Gasteiger partial charge in [-0.05, 0) is 31.2 Å². The van der Waals surface area contributed by atoms with Gasteiger partial charge in [0.2, 0.25) is 0 Å². The maximum atomic E-state index is 5.49. The Balaban J connectivity index is 1.55. The van der Waals surface area contributed by atoms with E-state index in [0.717, 1.165) is 42.3 Å². The molecule has 0 radical (unpaired) electrons. The number of ether oxygens (including phenoxy) is 1. The average molecular weight is 310 g/mol. The predicted octanol–water partition coefficient (Wildman–Crippen LogP) is 2.32. The number of anilines is 3. The summed E-state index contributed by atoms with van der Waals surface area (Å²) in [6.45, 7) is 4.67. The lowest BCUT2D eigenvalue weighted by molar-refractivity contribution is 0.0989. The van der Waals surface area contributed by atoms with Crippen molar-refractivity contribution in [3.05, 3.63) is 36.8 Å². The summed E-state index contributed by atoms with van der Waals surface area (Å²) in [4.78, 5) is 10.8. The largest absolute Gasteiger partial charge is 0.377 e. The van der Waals surface area contributed by atoms with Crippen LogP contribution in [0.4, 0.5) is 17.2 Å². The lowest BCUT2D eigenvalue weighted by atomic mass is 10.2. The van der Waals surface area contributed by atoms with Crippen molar-refractivity contribution in [3.63, 3.8) is 0 Å². The van der Waals surface area contributed by atoms with Crippen molar-refractivity contribution < 1.29 is 4.74 Å². The molecule has 1 unspecified atom stereocenters. The smallest absolute Gasteiger partial charge is 0.160 e. The quantitative estimate of drug-likeness (QED) is 0.773. The lowest BCUT2D eigenvalue weighted by Crippen LogP contribution is -2.43. The molecule has 0 amide bonds. The van der Waals surface area contributed by atoms with Gasteiger partial charge >= 0.3 is 0 Å². The van der Waals surface area contributed by atoms with E-state index in [0.29, 0.717) is 6.04 Å². The third kappa shape index (κ3) is 2.70. The Morgan fingerprint density at radius 1 is 1.26 bits per heavy atom. The fourth-order valence-electron chi connectivity index (χ4n) is 2.85. The number of nitrogens with one attached hydrogen (secondary N) is 2. The number of aromatic nitrogens is 4. The Labute approximate surface area is 133 Å². The summed E-state index contributed by atoms with van der Waals surface area (Å²) in [6.07, 6.45) is 3.24. The minimum Gasteiger partial charge on any atom is -0.377 e. The second-order valence-corrected chi connectivity index (χ2v) is 5.64. The molecule has 23 heavy (non-hydrogen) atoms. The second-order valence-electron chi connectivity index (χ2n) is 5.64. The molecule has 2 N–H and O–H groups in total. The van der Waals surface area contributed by atoms with Gasteiger partial charge in [-0.2, -0.15) is 5.10 Å². The Morgan fingerprint density at radius 3 is 2.96 bits per heavy atom. The van der Waals surface area contributed by atoms with Crippen molar-refractivity contribution in [2.75, 3.05) is 30.0 Å². The van der Waals surface area contributed by atoms with Gasteiger partial charge in [0.15, 0.2) is 5.65 Å². The minimum absolute atomic E-state index is 0.398. The van der Waals surface area contributed by atoms with Crippen LogP contribution in [0.25, 0.3) is 11.0 Å². The van der Waals surface area contributed by atoms with Gasteiger partial charge in [0, 0.05) is 24.0 Å². The highest BCUT2D eigenvalue weighted by Gasteiger charge is 2.18. The van der Waals surface area contributed by atoms with Gasteiger partial charge in [0.1, 0.15) is 12.1 Å². The molecule has 3 heterocycles. The molecule has 0 saturated carbocycles. The van der Waals surface area contributed by atoms with Crippen LogP contribution in [-0.4, -0.2) is 46.0 Å². The highest BCUT2D eigenvalue weighted by atomic mass is 16.5. The standard InChI is InChI=1S/C16H18N6O/c1-11-9-23-7-6-22(11)13-4-2-12(3-5-13)20-15-14-8-19-21-16(14)18-10-17-15/h2-5,8,10-11H,6-7,9H2,1H3,(H2,17,18,19,20,21). The minimum atomic E-state index is 0.398. The maximum Gasteiger partial charge on any atom is 0.160 e. The predicted molar refractivity (Wildman–Crippen MR) is 89.0 cm³/mol. The van der Waals surface area contributed by atoms with Crippen LogP contribution in [0.2, 0.25) is 0 Å². The van der Waals surface area contributed by atoms with Crippen LogP contribution in [0, 0.1) is 0 Å². The fraction of sp³-hybridized carbons (Fsp3) is 0.312. The number of morpholine rings is 1. The van der Waals surface area contributed by atoms with Crippen LogP contribution >= 0.6 is 0 Å². The van der Waals surface area contributed by atoms with Gasteiger partial charge in [-0.25, -0.2) is 9.97 Å². The molecule has 118 valence electrons. The van der Waals surface area contributed by atoms with Crippen LogP contribution in [-0.2, 0) is 4.74 Å². The number of nitrogens with zero attached hydrogens (tertiary/aromatic N) is 4. The number of H-pyrrole nitrogens is 1. The van der Waals surface area contributed by atoms with Crippen molar-refractivity contribution >= 4 is 28.2 Å². The molecule has 1 aliphatic rings. The van der Waals surface area contributed by atoms with Gasteiger partial charge in [0.05, 0.1) is 24.8 Å². The zero-order valence-corrected chi connectivity index (χ0v) is 12.9. The number of benzene rings is 1. The van der Waals surface area contributed by atoms with E-state index < -0.39 is 0 Å². The molecule has 0 bridgehead atoms. The first-order valence-electron chi connectivity index (χ1n) is 7.67. The summed E-state index contributed by atoms with van der Waals surface area (Å²) in [5.41, 5.74) is 2.92. The Bertz CT molecular complexity index is 800. The van der Waals surface area contributed by atoms with Crippen molar-refractivity contribution in [1.29, 1.82) is 0 Å². The topological polar surface area (TPSA) is 79.0 Å². The Morgan fingerprint density at radius 2 is 2.13 bits per heavy atom. The maximum absolute atomic E-state index is 5.49. The van der Waals surface area contributed by atoms with Crippen LogP contribution in [0.1, 0.15) is 6.92 Å². The molecule has 1 saturated heterocycles. The zero-order valence-electron chi connectivity index (χ0n) is 12.9. The number of rotatable bonds is 3. The van der Waals surface area contributed by atoms with Crippen LogP contribution in [0.3, 0.4) is 0 Å². The summed E-state index contributed by atoms with van der Waals surface area (Å²) in [6, 6.07) is 8.77. The van der Waals surface area contributed by atoms with Crippen LogP contribution < -0.4 is 10.2 Å². The lowest BCUT2D eigenvalue weighted by Gasteiger charge is -2.35. The van der Waals surface area contributed by atoms with E-state index in [4.69, 9.17) is 4.74 Å². The Hall–Kier alpha value is -2.67. The molecular weight excluding hydrogens is 292 g/mol. The van der Waals surface area contributed by atoms with Crippen molar-refractivity contribution in [2.45, 2.75) is 13.0 Å². The summed E-state index contributed by atoms with van der Waals surface area (Å²) < 4.78 is 5.49. The van der Waals surface area contributed by atoms with Gasteiger partial charge in [-0.1, -0.05) is 0 Å². The van der Waals surface area contributed by atoms with E-state index in [1.165, 1.54) is 12.0 Å². The first-order chi connectivity index (χ1) is 11.3. The van der Waals surface area contributed by atoms with E-state index in [-0.39, 0.29) is 0 Å². The van der Waals surface area contributed by atoms with Crippen molar-refractivity contribution in [2.24, 2.45) is 0 Å². The number of hydrogen-bond donors (Lipinski definition) is 2. The summed E-state index contributed by atoms with van der Waals surface area (Å²) >= 11 is 0. The summed E-state index contributed by atoms with van der Waals surface area (Å²) in [5.74, 6) is 0.747. The van der Waals surface area contributed by atoms with E-state index in [9.17, 15) is 0 Å². The molecule has 7 heteroatoms. The fourth-order valence-corrected chi connectivity index (χ4v) is 2.85. The molecule has 2 aromatic heterocycles. The molecule has 1 aromatic carbocycles. The van der Waals surface area contributed by atoms with Crippen LogP contribution in [0.15, 0.2) is 36.8 Å². The molecule has 1 atom stereocenters. The van der Waals surface area contributed by atoms with Crippen molar-refractivity contribution in [3.8, 4) is 0 Å². The van der Waals surface area contributed by atoms with Gasteiger partial charge < -0.3 is 15.0 Å². The molecule has 0 spiro atoms.